The Labute approximate surface area is 109 Å². The van der Waals surface area contributed by atoms with Crippen LogP contribution in [0.5, 0.6) is 0 Å². The summed E-state index contributed by atoms with van der Waals surface area (Å²) in [7, 11) is 2.28. The molecule has 0 aromatic carbocycles. The Morgan fingerprint density at radius 3 is 2.50 bits per heavy atom. The van der Waals surface area contributed by atoms with E-state index in [1.165, 1.54) is 25.7 Å². The van der Waals surface area contributed by atoms with E-state index in [2.05, 4.69) is 22.2 Å². The fourth-order valence-electron chi connectivity index (χ4n) is 3.42. The number of oxazole rings is 1. The molecule has 0 aliphatic carbocycles. The highest BCUT2D eigenvalue weighted by molar-refractivity contribution is 5.05. The average Bonchev–Trinajstić information content (AvgIpc) is 2.75. The van der Waals surface area contributed by atoms with E-state index in [1.807, 2.05) is 13.8 Å². The predicted octanol–water partition coefficient (Wildman–Crippen LogP) is 2.01. The molecule has 2 aliphatic heterocycles. The summed E-state index contributed by atoms with van der Waals surface area (Å²) in [4.78, 5) is 6.99. The summed E-state index contributed by atoms with van der Waals surface area (Å²) in [6, 6.07) is 2.20. The molecule has 1 aromatic rings. The van der Waals surface area contributed by atoms with Gasteiger partial charge < -0.3 is 14.6 Å². The van der Waals surface area contributed by atoms with E-state index < -0.39 is 0 Å². The van der Waals surface area contributed by atoms with Crippen molar-refractivity contribution in [1.82, 2.24) is 15.2 Å². The van der Waals surface area contributed by atoms with Crippen molar-refractivity contribution >= 4 is 0 Å². The minimum atomic E-state index is 0.631. The molecule has 4 heteroatoms. The lowest BCUT2D eigenvalue weighted by Gasteiger charge is -2.36. The maximum Gasteiger partial charge on any atom is 0.208 e. The molecular weight excluding hydrogens is 226 g/mol. The number of nitrogens with one attached hydrogen (secondary N) is 1. The first-order chi connectivity index (χ1) is 8.63. The Hall–Kier alpha value is -0.870. The number of hydrogen-bond donors (Lipinski definition) is 1. The van der Waals surface area contributed by atoms with Crippen LogP contribution in [-0.4, -0.2) is 35.1 Å². The van der Waals surface area contributed by atoms with Gasteiger partial charge >= 0.3 is 0 Å². The molecule has 18 heavy (non-hydrogen) atoms. The molecule has 0 radical (unpaired) electrons. The van der Waals surface area contributed by atoms with Crippen LogP contribution in [0.25, 0.3) is 0 Å². The first-order valence-corrected chi connectivity index (χ1v) is 7.01. The van der Waals surface area contributed by atoms with Crippen molar-refractivity contribution in [2.24, 2.45) is 0 Å². The normalized spacial score (nSPS) is 32.1. The Balaban J connectivity index is 1.55. The van der Waals surface area contributed by atoms with E-state index in [1.54, 1.807) is 0 Å². The fraction of sp³-hybridized carbons (Fsp3) is 0.786. The molecule has 2 unspecified atom stereocenters. The summed E-state index contributed by atoms with van der Waals surface area (Å²) < 4.78 is 5.61. The standard InChI is InChI=1S/C14H23N3O/c1-9-10(2)18-14(16-9)8-15-11-6-12-4-5-13(7-11)17(12)3/h11-13,15H,4-8H2,1-3H3. The molecule has 3 heterocycles. The molecule has 1 aromatic heterocycles. The maximum atomic E-state index is 5.61. The van der Waals surface area contributed by atoms with Crippen LogP contribution in [0, 0.1) is 13.8 Å². The zero-order valence-corrected chi connectivity index (χ0v) is 11.6. The Kier molecular flexibility index (Phi) is 3.16. The SMILES string of the molecule is Cc1nc(CNC2CC3CCC(C2)N3C)oc1C. The summed E-state index contributed by atoms with van der Waals surface area (Å²) in [6.45, 7) is 4.74. The largest absolute Gasteiger partial charge is 0.444 e. The van der Waals surface area contributed by atoms with E-state index >= 15 is 0 Å². The van der Waals surface area contributed by atoms with Crippen LogP contribution in [0.1, 0.15) is 43.0 Å². The van der Waals surface area contributed by atoms with Crippen molar-refractivity contribution in [2.45, 2.75) is 64.2 Å². The Morgan fingerprint density at radius 1 is 1.28 bits per heavy atom. The first kappa shape index (κ1) is 12.2. The van der Waals surface area contributed by atoms with Crippen molar-refractivity contribution in [3.63, 3.8) is 0 Å². The molecule has 3 rings (SSSR count). The molecule has 2 atom stereocenters. The van der Waals surface area contributed by atoms with E-state index in [0.29, 0.717) is 6.04 Å². The third-order valence-electron chi connectivity index (χ3n) is 4.71. The van der Waals surface area contributed by atoms with Gasteiger partial charge in [0.1, 0.15) is 5.76 Å². The highest BCUT2D eigenvalue weighted by Gasteiger charge is 2.38. The van der Waals surface area contributed by atoms with E-state index in [4.69, 9.17) is 4.42 Å². The number of aromatic nitrogens is 1. The molecule has 2 saturated heterocycles. The average molecular weight is 249 g/mol. The van der Waals surface area contributed by atoms with Gasteiger partial charge in [0.25, 0.3) is 0 Å². The minimum absolute atomic E-state index is 0.631. The molecule has 0 spiro atoms. The van der Waals surface area contributed by atoms with Crippen LogP contribution in [0.2, 0.25) is 0 Å². The van der Waals surface area contributed by atoms with Crippen LogP contribution < -0.4 is 5.32 Å². The Bertz CT molecular complexity index is 395. The number of rotatable bonds is 3. The van der Waals surface area contributed by atoms with Gasteiger partial charge in [-0.15, -0.1) is 0 Å². The van der Waals surface area contributed by atoms with Gasteiger partial charge in [-0.05, 0) is 46.6 Å². The summed E-state index contributed by atoms with van der Waals surface area (Å²) in [5.74, 6) is 1.77. The molecule has 0 saturated carbocycles. The first-order valence-electron chi connectivity index (χ1n) is 7.01. The van der Waals surface area contributed by atoms with Gasteiger partial charge in [0.2, 0.25) is 5.89 Å². The van der Waals surface area contributed by atoms with Gasteiger partial charge in [-0.2, -0.15) is 0 Å². The third kappa shape index (κ3) is 2.19. The van der Waals surface area contributed by atoms with Gasteiger partial charge in [0, 0.05) is 18.1 Å². The fourth-order valence-corrected chi connectivity index (χ4v) is 3.42. The molecule has 4 nitrogen and oxygen atoms in total. The number of nitrogens with zero attached hydrogens (tertiary/aromatic N) is 2. The van der Waals surface area contributed by atoms with Gasteiger partial charge in [-0.25, -0.2) is 4.98 Å². The molecule has 2 aliphatic rings. The van der Waals surface area contributed by atoms with Gasteiger partial charge in [-0.3, -0.25) is 0 Å². The van der Waals surface area contributed by atoms with Crippen LogP contribution in [0.4, 0.5) is 0 Å². The summed E-state index contributed by atoms with van der Waals surface area (Å²) in [5, 5.41) is 3.62. The lowest BCUT2D eigenvalue weighted by molar-refractivity contribution is 0.147. The molecule has 1 N–H and O–H groups in total. The van der Waals surface area contributed by atoms with Crippen molar-refractivity contribution in [3.05, 3.63) is 17.3 Å². The molecule has 0 amide bonds. The highest BCUT2D eigenvalue weighted by atomic mass is 16.4. The van der Waals surface area contributed by atoms with Crippen molar-refractivity contribution in [3.8, 4) is 0 Å². The molecule has 2 bridgehead atoms. The summed E-state index contributed by atoms with van der Waals surface area (Å²) in [5.41, 5.74) is 1.01. The molecule has 100 valence electrons. The van der Waals surface area contributed by atoms with E-state index in [0.717, 1.165) is 36.0 Å². The molecular formula is C14H23N3O. The van der Waals surface area contributed by atoms with E-state index in [9.17, 15) is 0 Å². The number of aryl methyl sites for hydroxylation is 2. The topological polar surface area (TPSA) is 41.3 Å². The van der Waals surface area contributed by atoms with Crippen LogP contribution in [-0.2, 0) is 6.54 Å². The lowest BCUT2D eigenvalue weighted by atomic mass is 9.98. The number of hydrogen-bond acceptors (Lipinski definition) is 4. The summed E-state index contributed by atoms with van der Waals surface area (Å²) >= 11 is 0. The van der Waals surface area contributed by atoms with E-state index in [-0.39, 0.29) is 0 Å². The van der Waals surface area contributed by atoms with Crippen LogP contribution >= 0.6 is 0 Å². The Morgan fingerprint density at radius 2 is 1.94 bits per heavy atom. The molecule has 2 fully saturated rings. The third-order valence-corrected chi connectivity index (χ3v) is 4.71. The second-order valence-corrected chi connectivity index (χ2v) is 5.85. The highest BCUT2D eigenvalue weighted by Crippen LogP contribution is 2.34. The maximum absolute atomic E-state index is 5.61. The second kappa shape index (κ2) is 4.67. The van der Waals surface area contributed by atoms with Gasteiger partial charge in [0.15, 0.2) is 0 Å². The van der Waals surface area contributed by atoms with Crippen LogP contribution in [0.15, 0.2) is 4.42 Å². The lowest BCUT2D eigenvalue weighted by Crippen LogP contribution is -2.47. The predicted molar refractivity (Wildman–Crippen MR) is 70.4 cm³/mol. The van der Waals surface area contributed by atoms with Gasteiger partial charge in [0.05, 0.1) is 12.2 Å². The monoisotopic (exact) mass is 249 g/mol. The number of fused-ring (bicyclic) bond motifs is 2. The van der Waals surface area contributed by atoms with Crippen molar-refractivity contribution in [1.29, 1.82) is 0 Å². The van der Waals surface area contributed by atoms with Crippen LogP contribution in [0.3, 0.4) is 0 Å². The minimum Gasteiger partial charge on any atom is -0.444 e. The van der Waals surface area contributed by atoms with Crippen molar-refractivity contribution in [2.75, 3.05) is 7.05 Å². The van der Waals surface area contributed by atoms with Crippen molar-refractivity contribution < 1.29 is 4.42 Å². The smallest absolute Gasteiger partial charge is 0.208 e. The zero-order valence-electron chi connectivity index (χ0n) is 11.6. The van der Waals surface area contributed by atoms with Gasteiger partial charge in [-0.1, -0.05) is 0 Å². The number of piperidine rings is 1. The summed E-state index contributed by atoms with van der Waals surface area (Å²) in [6.07, 6.45) is 5.28. The quantitative estimate of drug-likeness (QED) is 0.889. The second-order valence-electron chi connectivity index (χ2n) is 5.85. The zero-order chi connectivity index (χ0) is 12.7.